The molecule has 0 aromatic carbocycles. The Morgan fingerprint density at radius 1 is 1.38 bits per heavy atom. The topological polar surface area (TPSA) is 18.5 Å². The van der Waals surface area contributed by atoms with E-state index < -0.39 is 0 Å². The average molecular weight is 221 g/mol. The van der Waals surface area contributed by atoms with E-state index in [2.05, 4.69) is 28.0 Å². The van der Waals surface area contributed by atoms with Gasteiger partial charge in [0.2, 0.25) is 0 Å². The molecule has 2 unspecified atom stereocenters. The summed E-state index contributed by atoms with van der Waals surface area (Å²) in [6.45, 7) is 9.43. The Kier molecular flexibility index (Phi) is 4.22. The summed E-state index contributed by atoms with van der Waals surface area (Å²) in [5, 5.41) is 3.61. The van der Waals surface area contributed by atoms with Gasteiger partial charge in [-0.25, -0.2) is 0 Å². The maximum absolute atomic E-state index is 5.38. The molecule has 90 valence electrons. The first-order valence-electron chi connectivity index (χ1n) is 6.48. The number of fused-ring (bicyclic) bond motifs is 3. The van der Waals surface area contributed by atoms with Gasteiger partial charge in [0, 0.05) is 51.2 Å². The van der Waals surface area contributed by atoms with Gasteiger partial charge >= 0.3 is 0 Å². The van der Waals surface area contributed by atoms with Gasteiger partial charge in [-0.1, -0.05) is 6.92 Å². The van der Waals surface area contributed by atoms with Crippen LogP contribution in [0.4, 0.5) is 0 Å². The highest BCUT2D eigenvalue weighted by atomic mass is 15.4. The Morgan fingerprint density at radius 3 is 2.62 bits per heavy atom. The molecular formula is C13H23N3. The van der Waals surface area contributed by atoms with Crippen molar-refractivity contribution in [3.8, 4) is 12.3 Å². The number of nitrogens with one attached hydrogen (secondary N) is 1. The SMILES string of the molecule is C#CCCC(NCC)C1CN2CCN1CC2. The molecule has 16 heavy (non-hydrogen) atoms. The number of likely N-dealkylation sites (N-methyl/N-ethyl adjacent to an activating group) is 1. The maximum Gasteiger partial charge on any atom is 0.0377 e. The summed E-state index contributed by atoms with van der Waals surface area (Å²) in [7, 11) is 0. The van der Waals surface area contributed by atoms with Crippen LogP contribution in [-0.2, 0) is 0 Å². The van der Waals surface area contributed by atoms with Crippen LogP contribution in [0.2, 0.25) is 0 Å². The third-order valence-electron chi connectivity index (χ3n) is 3.85. The second kappa shape index (κ2) is 5.67. The lowest BCUT2D eigenvalue weighted by Gasteiger charge is -2.50. The highest BCUT2D eigenvalue weighted by Crippen LogP contribution is 2.20. The zero-order valence-corrected chi connectivity index (χ0v) is 10.3. The Hall–Kier alpha value is -0.560. The third-order valence-corrected chi connectivity index (χ3v) is 3.85. The quantitative estimate of drug-likeness (QED) is 0.677. The average Bonchev–Trinajstić information content (AvgIpc) is 2.36. The second-order valence-corrected chi connectivity index (χ2v) is 4.81. The number of hydrogen-bond donors (Lipinski definition) is 1. The van der Waals surface area contributed by atoms with Crippen LogP contribution in [0.1, 0.15) is 19.8 Å². The van der Waals surface area contributed by atoms with E-state index in [1.54, 1.807) is 0 Å². The molecule has 0 aromatic heterocycles. The maximum atomic E-state index is 5.38. The number of piperazine rings is 3. The monoisotopic (exact) mass is 221 g/mol. The van der Waals surface area contributed by atoms with Crippen molar-refractivity contribution < 1.29 is 0 Å². The third kappa shape index (κ3) is 2.57. The predicted octanol–water partition coefficient (Wildman–Crippen LogP) is 0.378. The molecule has 3 rings (SSSR count). The first-order valence-corrected chi connectivity index (χ1v) is 6.48. The van der Waals surface area contributed by atoms with E-state index in [1.807, 2.05) is 0 Å². The van der Waals surface area contributed by atoms with Crippen molar-refractivity contribution in [3.05, 3.63) is 0 Å². The van der Waals surface area contributed by atoms with E-state index in [4.69, 9.17) is 6.42 Å². The van der Waals surface area contributed by atoms with Gasteiger partial charge in [0.15, 0.2) is 0 Å². The van der Waals surface area contributed by atoms with Crippen molar-refractivity contribution in [2.24, 2.45) is 0 Å². The molecule has 3 aliphatic heterocycles. The number of terminal acetylenes is 1. The zero-order valence-electron chi connectivity index (χ0n) is 10.3. The molecule has 0 saturated carbocycles. The van der Waals surface area contributed by atoms with Crippen molar-refractivity contribution in [2.45, 2.75) is 31.8 Å². The Bertz CT molecular complexity index is 250. The Labute approximate surface area is 99.2 Å². The highest BCUT2D eigenvalue weighted by molar-refractivity contribution is 4.96. The molecule has 0 radical (unpaired) electrons. The fraction of sp³-hybridized carbons (Fsp3) is 0.846. The van der Waals surface area contributed by atoms with E-state index in [-0.39, 0.29) is 0 Å². The van der Waals surface area contributed by atoms with Gasteiger partial charge in [0.1, 0.15) is 0 Å². The standard InChI is InChI=1S/C13H23N3/c1-3-5-6-12(14-4-2)13-11-15-7-9-16(13)10-8-15/h1,12-14H,4-11H2,2H3. The number of rotatable bonds is 5. The second-order valence-electron chi connectivity index (χ2n) is 4.81. The van der Waals surface area contributed by atoms with Gasteiger partial charge in [-0.3, -0.25) is 9.80 Å². The van der Waals surface area contributed by atoms with Crippen molar-refractivity contribution in [1.82, 2.24) is 15.1 Å². The summed E-state index contributed by atoms with van der Waals surface area (Å²) in [6.07, 6.45) is 7.38. The number of hydrogen-bond acceptors (Lipinski definition) is 3. The zero-order chi connectivity index (χ0) is 11.4. The van der Waals surface area contributed by atoms with Crippen LogP contribution in [0.25, 0.3) is 0 Å². The normalized spacial score (nSPS) is 34.6. The van der Waals surface area contributed by atoms with Gasteiger partial charge in [-0.15, -0.1) is 12.3 Å². The van der Waals surface area contributed by atoms with Crippen molar-refractivity contribution in [2.75, 3.05) is 39.3 Å². The molecule has 0 spiro atoms. The van der Waals surface area contributed by atoms with Crippen molar-refractivity contribution in [1.29, 1.82) is 0 Å². The van der Waals surface area contributed by atoms with E-state index >= 15 is 0 Å². The van der Waals surface area contributed by atoms with Crippen LogP contribution in [0.5, 0.6) is 0 Å². The van der Waals surface area contributed by atoms with Crippen LogP contribution >= 0.6 is 0 Å². The molecular weight excluding hydrogens is 198 g/mol. The van der Waals surface area contributed by atoms with Gasteiger partial charge in [-0.2, -0.15) is 0 Å². The lowest BCUT2D eigenvalue weighted by molar-refractivity contribution is -0.00398. The fourth-order valence-corrected chi connectivity index (χ4v) is 2.97. The smallest absolute Gasteiger partial charge is 0.0377 e. The summed E-state index contributed by atoms with van der Waals surface area (Å²) >= 11 is 0. The summed E-state index contributed by atoms with van der Waals surface area (Å²) in [5.74, 6) is 2.77. The van der Waals surface area contributed by atoms with Crippen LogP contribution in [0.3, 0.4) is 0 Å². The molecule has 2 atom stereocenters. The van der Waals surface area contributed by atoms with E-state index in [9.17, 15) is 0 Å². The van der Waals surface area contributed by atoms with E-state index in [0.717, 1.165) is 19.4 Å². The summed E-state index contributed by atoms with van der Waals surface area (Å²) in [6, 6.07) is 1.25. The minimum Gasteiger partial charge on any atom is -0.313 e. The molecule has 3 fully saturated rings. The van der Waals surface area contributed by atoms with Crippen molar-refractivity contribution >= 4 is 0 Å². The number of nitrogens with zero attached hydrogens (tertiary/aromatic N) is 2. The van der Waals surface area contributed by atoms with Crippen molar-refractivity contribution in [3.63, 3.8) is 0 Å². The summed E-state index contributed by atoms with van der Waals surface area (Å²) in [5.41, 5.74) is 0. The van der Waals surface area contributed by atoms with Gasteiger partial charge in [0.05, 0.1) is 0 Å². The van der Waals surface area contributed by atoms with Crippen LogP contribution in [0, 0.1) is 12.3 Å². The fourth-order valence-electron chi connectivity index (χ4n) is 2.97. The Morgan fingerprint density at radius 2 is 2.12 bits per heavy atom. The molecule has 0 amide bonds. The molecule has 3 nitrogen and oxygen atoms in total. The van der Waals surface area contributed by atoms with Gasteiger partial charge in [-0.05, 0) is 13.0 Å². The van der Waals surface area contributed by atoms with Gasteiger partial charge in [0.25, 0.3) is 0 Å². The van der Waals surface area contributed by atoms with Crippen LogP contribution in [-0.4, -0.2) is 61.2 Å². The van der Waals surface area contributed by atoms with Gasteiger partial charge < -0.3 is 5.32 Å². The highest BCUT2D eigenvalue weighted by Gasteiger charge is 2.35. The van der Waals surface area contributed by atoms with Crippen LogP contribution < -0.4 is 5.32 Å². The summed E-state index contributed by atoms with van der Waals surface area (Å²) < 4.78 is 0. The first-order chi connectivity index (χ1) is 7.85. The molecule has 3 saturated heterocycles. The summed E-state index contributed by atoms with van der Waals surface area (Å²) in [4.78, 5) is 5.23. The lowest BCUT2D eigenvalue weighted by atomic mass is 9.96. The van der Waals surface area contributed by atoms with E-state index in [0.29, 0.717) is 12.1 Å². The predicted molar refractivity (Wildman–Crippen MR) is 67.3 cm³/mol. The molecule has 3 heteroatoms. The molecule has 3 heterocycles. The molecule has 2 bridgehead atoms. The lowest BCUT2D eigenvalue weighted by Crippen LogP contribution is -2.66. The Balaban J connectivity index is 1.94. The molecule has 1 N–H and O–H groups in total. The largest absolute Gasteiger partial charge is 0.313 e. The minimum atomic E-state index is 0.573. The van der Waals surface area contributed by atoms with E-state index in [1.165, 1.54) is 32.7 Å². The van der Waals surface area contributed by atoms with Crippen LogP contribution in [0.15, 0.2) is 0 Å². The first kappa shape index (κ1) is 11.9. The molecule has 0 aliphatic carbocycles. The minimum absolute atomic E-state index is 0.573. The molecule has 0 aromatic rings. The molecule has 3 aliphatic rings.